The summed E-state index contributed by atoms with van der Waals surface area (Å²) in [7, 11) is 1.79. The molecule has 2 aromatic carbocycles. The van der Waals surface area contributed by atoms with Gasteiger partial charge in [0.2, 0.25) is 11.5 Å². The zero-order valence-corrected chi connectivity index (χ0v) is 18.2. The minimum absolute atomic E-state index is 0.0858. The van der Waals surface area contributed by atoms with Crippen LogP contribution in [0.5, 0.6) is 5.88 Å². The van der Waals surface area contributed by atoms with Crippen molar-refractivity contribution in [2.75, 3.05) is 18.6 Å². The second-order valence-electron chi connectivity index (χ2n) is 6.97. The third-order valence-corrected chi connectivity index (χ3v) is 5.31. The Morgan fingerprint density at radius 3 is 2.69 bits per heavy atom. The molecule has 32 heavy (non-hydrogen) atoms. The number of anilines is 2. The van der Waals surface area contributed by atoms with Crippen molar-refractivity contribution in [3.63, 3.8) is 0 Å². The van der Waals surface area contributed by atoms with Crippen LogP contribution < -0.4 is 15.3 Å². The van der Waals surface area contributed by atoms with E-state index in [0.29, 0.717) is 29.2 Å². The quantitative estimate of drug-likeness (QED) is 0.319. The predicted octanol–water partition coefficient (Wildman–Crippen LogP) is 4.99. The highest BCUT2D eigenvalue weighted by molar-refractivity contribution is 6.31. The highest BCUT2D eigenvalue weighted by atomic mass is 35.5. The van der Waals surface area contributed by atoms with Crippen molar-refractivity contribution >= 4 is 40.3 Å². The molecule has 9 heteroatoms. The molecule has 0 atom stereocenters. The van der Waals surface area contributed by atoms with Gasteiger partial charge in [-0.3, -0.25) is 15.4 Å². The third-order valence-electron chi connectivity index (χ3n) is 5.02. The number of aromatic nitrogens is 3. The molecule has 2 N–H and O–H groups in total. The molecular formula is C23H20ClFN6O. The lowest BCUT2D eigenvalue weighted by atomic mass is 10.1. The van der Waals surface area contributed by atoms with Gasteiger partial charge in [0.25, 0.3) is 0 Å². The Morgan fingerprint density at radius 2 is 2.00 bits per heavy atom. The highest BCUT2D eigenvalue weighted by Gasteiger charge is 2.16. The van der Waals surface area contributed by atoms with Gasteiger partial charge in [0, 0.05) is 35.9 Å². The van der Waals surface area contributed by atoms with Gasteiger partial charge in [-0.05, 0) is 42.8 Å². The maximum absolute atomic E-state index is 14.3. The van der Waals surface area contributed by atoms with E-state index in [4.69, 9.17) is 27.2 Å². The summed E-state index contributed by atoms with van der Waals surface area (Å²) in [5.74, 6) is 0.340. The van der Waals surface area contributed by atoms with E-state index in [9.17, 15) is 4.39 Å². The number of hydrogen-bond acceptors (Lipinski definition) is 6. The second kappa shape index (κ2) is 8.76. The Morgan fingerprint density at radius 1 is 1.19 bits per heavy atom. The van der Waals surface area contributed by atoms with Crippen LogP contribution in [0.3, 0.4) is 0 Å². The van der Waals surface area contributed by atoms with E-state index in [1.165, 1.54) is 16.7 Å². The number of hydrogen-bond donors (Lipinski definition) is 2. The van der Waals surface area contributed by atoms with Crippen LogP contribution in [0.2, 0.25) is 5.02 Å². The summed E-state index contributed by atoms with van der Waals surface area (Å²) in [5.41, 5.74) is 2.88. The lowest BCUT2D eigenvalue weighted by Crippen LogP contribution is -2.26. The first-order valence-electron chi connectivity index (χ1n) is 9.82. The van der Waals surface area contributed by atoms with E-state index in [2.05, 4.69) is 9.97 Å². The monoisotopic (exact) mass is 450 g/mol. The van der Waals surface area contributed by atoms with Crippen LogP contribution in [0.25, 0.3) is 22.0 Å². The molecule has 0 saturated carbocycles. The first kappa shape index (κ1) is 21.5. The summed E-state index contributed by atoms with van der Waals surface area (Å²) in [5, 5.41) is 16.2. The van der Waals surface area contributed by atoms with Crippen LogP contribution in [0, 0.1) is 16.6 Å². The molecule has 162 valence electrons. The summed E-state index contributed by atoms with van der Waals surface area (Å²) in [6.07, 6.45) is 2.70. The standard InChI is InChI=1S/C23H20ClFN6O/c1-3-32-21-8-7-15(12-28-21)14-5-4-6-16(9-14)30(2)22-17-10-19(25)18(24)11-20(17)31(13-26)23(27)29-22/h4-13,26-27H,3H2,1-2H3. The molecule has 0 saturated heterocycles. The van der Waals surface area contributed by atoms with Crippen LogP contribution in [0.4, 0.5) is 15.9 Å². The van der Waals surface area contributed by atoms with Gasteiger partial charge < -0.3 is 9.64 Å². The largest absolute Gasteiger partial charge is 0.478 e. The SMILES string of the molecule is CCOc1ccc(-c2cccc(N(C)c3nc(=N)n(C=N)c4cc(Cl)c(F)cc34)c2)cn1. The first-order valence-corrected chi connectivity index (χ1v) is 10.2. The van der Waals surface area contributed by atoms with Gasteiger partial charge in [0.05, 0.1) is 23.5 Å². The summed E-state index contributed by atoms with van der Waals surface area (Å²) in [6.45, 7) is 2.45. The molecule has 0 unspecified atom stereocenters. The fraction of sp³-hybridized carbons (Fsp3) is 0.130. The van der Waals surface area contributed by atoms with Crippen molar-refractivity contribution in [2.24, 2.45) is 0 Å². The van der Waals surface area contributed by atoms with Crippen LogP contribution in [0.15, 0.2) is 54.7 Å². The number of benzene rings is 2. The van der Waals surface area contributed by atoms with E-state index in [0.717, 1.165) is 23.2 Å². The summed E-state index contributed by atoms with van der Waals surface area (Å²) in [6, 6.07) is 14.1. The average Bonchev–Trinajstić information content (AvgIpc) is 2.80. The molecule has 4 rings (SSSR count). The summed E-state index contributed by atoms with van der Waals surface area (Å²) in [4.78, 5) is 10.4. The Kier molecular flexibility index (Phi) is 5.87. The number of halogens is 2. The number of nitrogens with zero attached hydrogens (tertiary/aromatic N) is 4. The van der Waals surface area contributed by atoms with Crippen molar-refractivity contribution in [3.05, 3.63) is 71.2 Å². The Hall–Kier alpha value is -3.78. The van der Waals surface area contributed by atoms with Gasteiger partial charge in [-0.1, -0.05) is 23.7 Å². The van der Waals surface area contributed by atoms with Crippen LogP contribution >= 0.6 is 11.6 Å². The molecule has 0 fully saturated rings. The van der Waals surface area contributed by atoms with Crippen LogP contribution in [0.1, 0.15) is 6.92 Å². The molecule has 0 spiro atoms. The van der Waals surface area contributed by atoms with Crippen LogP contribution in [-0.4, -0.2) is 34.5 Å². The van der Waals surface area contributed by atoms with Crippen molar-refractivity contribution in [1.29, 1.82) is 10.8 Å². The number of ether oxygens (including phenoxy) is 1. The Balaban J connectivity index is 1.81. The molecule has 2 aromatic heterocycles. The lowest BCUT2D eigenvalue weighted by molar-refractivity contribution is 0.327. The van der Waals surface area contributed by atoms with E-state index in [-0.39, 0.29) is 10.6 Å². The van der Waals surface area contributed by atoms with Crippen molar-refractivity contribution in [3.8, 4) is 17.0 Å². The van der Waals surface area contributed by atoms with Gasteiger partial charge in [0.15, 0.2) is 0 Å². The topological polar surface area (TPSA) is 90.9 Å². The lowest BCUT2D eigenvalue weighted by Gasteiger charge is -2.22. The first-order chi connectivity index (χ1) is 15.4. The van der Waals surface area contributed by atoms with Gasteiger partial charge in [-0.2, -0.15) is 4.98 Å². The fourth-order valence-corrected chi connectivity index (χ4v) is 3.59. The van der Waals surface area contributed by atoms with Crippen molar-refractivity contribution in [2.45, 2.75) is 6.92 Å². The van der Waals surface area contributed by atoms with Gasteiger partial charge >= 0.3 is 0 Å². The molecule has 7 nitrogen and oxygen atoms in total. The number of fused-ring (bicyclic) bond motifs is 1. The van der Waals surface area contributed by atoms with E-state index in [1.807, 2.05) is 43.3 Å². The van der Waals surface area contributed by atoms with E-state index >= 15 is 0 Å². The molecule has 4 aromatic rings. The Labute approximate surface area is 188 Å². The zero-order chi connectivity index (χ0) is 22.8. The van der Waals surface area contributed by atoms with Gasteiger partial charge in [0.1, 0.15) is 11.6 Å². The molecule has 0 radical (unpaired) electrons. The average molecular weight is 451 g/mol. The molecule has 0 aliphatic carbocycles. The second-order valence-corrected chi connectivity index (χ2v) is 7.38. The van der Waals surface area contributed by atoms with E-state index in [1.54, 1.807) is 18.1 Å². The highest BCUT2D eigenvalue weighted by Crippen LogP contribution is 2.33. The molecule has 0 aliphatic rings. The third kappa shape index (κ3) is 3.92. The molecule has 0 aliphatic heterocycles. The summed E-state index contributed by atoms with van der Waals surface area (Å²) < 4.78 is 20.9. The molecular weight excluding hydrogens is 431 g/mol. The summed E-state index contributed by atoms with van der Waals surface area (Å²) >= 11 is 5.96. The Bertz CT molecular complexity index is 1370. The van der Waals surface area contributed by atoms with E-state index < -0.39 is 5.82 Å². The fourth-order valence-electron chi connectivity index (χ4n) is 3.43. The minimum atomic E-state index is -0.598. The maximum Gasteiger partial charge on any atom is 0.229 e. The predicted molar refractivity (Wildman–Crippen MR) is 124 cm³/mol. The molecule has 0 bridgehead atoms. The zero-order valence-electron chi connectivity index (χ0n) is 17.4. The maximum atomic E-state index is 14.3. The number of rotatable bonds is 6. The van der Waals surface area contributed by atoms with Gasteiger partial charge in [-0.25, -0.2) is 9.37 Å². The van der Waals surface area contributed by atoms with Gasteiger partial charge in [-0.15, -0.1) is 0 Å². The number of pyridine rings is 1. The van der Waals surface area contributed by atoms with Crippen molar-refractivity contribution < 1.29 is 9.13 Å². The van der Waals surface area contributed by atoms with Crippen LogP contribution in [-0.2, 0) is 0 Å². The molecule has 2 heterocycles. The molecule has 0 amide bonds. The van der Waals surface area contributed by atoms with Crippen molar-refractivity contribution in [1.82, 2.24) is 14.5 Å². The number of nitrogens with one attached hydrogen (secondary N) is 2. The normalized spacial score (nSPS) is 10.9. The smallest absolute Gasteiger partial charge is 0.229 e. The minimum Gasteiger partial charge on any atom is -0.478 e.